The van der Waals surface area contributed by atoms with Crippen molar-refractivity contribution in [1.29, 1.82) is 0 Å². The molecule has 4 atom stereocenters. The fourth-order valence-electron chi connectivity index (χ4n) is 5.71. The molecule has 2 fully saturated rings. The normalized spacial score (nSPS) is 22.2. The van der Waals surface area contributed by atoms with Gasteiger partial charge in [-0.3, -0.25) is 18.7 Å². The number of unbranched alkanes of at least 4 members (excludes halogenated alkanes) is 1. The fraction of sp³-hybridized carbons (Fsp3) is 0.633. The zero-order valence-electron chi connectivity index (χ0n) is 23.4. The van der Waals surface area contributed by atoms with Crippen LogP contribution >= 0.6 is 7.37 Å². The lowest BCUT2D eigenvalue weighted by atomic mass is 9.79. The Morgan fingerprint density at radius 3 is 2.41 bits per heavy atom. The first kappa shape index (κ1) is 31.1. The van der Waals surface area contributed by atoms with Gasteiger partial charge in [-0.15, -0.1) is 0 Å². The molecule has 8 nitrogen and oxygen atoms in total. The number of esters is 1. The molecule has 9 heteroatoms. The molecule has 1 amide bonds. The minimum absolute atomic E-state index is 0.115. The molecule has 1 aromatic rings. The Morgan fingerprint density at radius 2 is 1.79 bits per heavy atom. The molecule has 1 N–H and O–H groups in total. The second-order valence-electron chi connectivity index (χ2n) is 11.1. The molecule has 1 aliphatic heterocycles. The van der Waals surface area contributed by atoms with E-state index in [1.165, 1.54) is 11.3 Å². The van der Waals surface area contributed by atoms with Crippen molar-refractivity contribution in [2.24, 2.45) is 11.8 Å². The number of ether oxygens (including phenoxy) is 1. The van der Waals surface area contributed by atoms with Gasteiger partial charge in [0.05, 0.1) is 0 Å². The van der Waals surface area contributed by atoms with E-state index in [1.54, 1.807) is 13.8 Å². The number of likely N-dealkylation sites (tertiary alicyclic amines) is 1. The van der Waals surface area contributed by atoms with Gasteiger partial charge in [-0.05, 0) is 55.6 Å². The van der Waals surface area contributed by atoms with Crippen molar-refractivity contribution in [1.82, 2.24) is 4.90 Å². The quantitative estimate of drug-likeness (QED) is 0.0969. The number of carbonyl (C=O) groups excluding carboxylic acids is 2. The second kappa shape index (κ2) is 14.8. The monoisotopic (exact) mass is 561 g/mol. The smallest absolute Gasteiger partial charge is 0.326 e. The topological polar surface area (TPSA) is 110 Å². The van der Waals surface area contributed by atoms with Gasteiger partial charge in [0.1, 0.15) is 12.2 Å². The summed E-state index contributed by atoms with van der Waals surface area (Å²) in [6.45, 7) is 7.45. The summed E-state index contributed by atoms with van der Waals surface area (Å²) in [4.78, 5) is 39.1. The SMILES string of the molecule is C=C(C)C(OC(=O)CC)OP(=O)(CCCCc1ccccc1)CC(=O)N1C[C@H](C2CCCCC2)C[C@H]1C(=O)O. The molecule has 2 unspecified atom stereocenters. The first-order valence-corrected chi connectivity index (χ1v) is 16.3. The van der Waals surface area contributed by atoms with Crippen LogP contribution < -0.4 is 0 Å². The average Bonchev–Trinajstić information content (AvgIpc) is 3.38. The zero-order chi connectivity index (χ0) is 28.4. The Kier molecular flexibility index (Phi) is 11.8. The largest absolute Gasteiger partial charge is 0.480 e. The number of hydrogen-bond donors (Lipinski definition) is 1. The van der Waals surface area contributed by atoms with Gasteiger partial charge in [0, 0.05) is 19.1 Å². The number of carboxylic acids is 1. The Morgan fingerprint density at radius 1 is 1.10 bits per heavy atom. The van der Waals surface area contributed by atoms with Gasteiger partial charge >= 0.3 is 11.9 Å². The van der Waals surface area contributed by atoms with Gasteiger partial charge in [-0.1, -0.05) is 75.9 Å². The summed E-state index contributed by atoms with van der Waals surface area (Å²) in [6.07, 6.45) is 6.68. The van der Waals surface area contributed by atoms with E-state index in [0.29, 0.717) is 30.9 Å². The molecule has 2 aliphatic rings. The third kappa shape index (κ3) is 9.32. The van der Waals surface area contributed by atoms with Crippen molar-refractivity contribution in [3.8, 4) is 0 Å². The predicted molar refractivity (Wildman–Crippen MR) is 151 cm³/mol. The Balaban J connectivity index is 1.73. The van der Waals surface area contributed by atoms with Crippen molar-refractivity contribution < 1.29 is 33.3 Å². The highest BCUT2D eigenvalue weighted by Crippen LogP contribution is 2.51. The van der Waals surface area contributed by atoms with Crippen LogP contribution in [0.3, 0.4) is 0 Å². The molecule has 216 valence electrons. The van der Waals surface area contributed by atoms with Crippen molar-refractivity contribution in [3.05, 3.63) is 48.0 Å². The maximum absolute atomic E-state index is 14.2. The number of aryl methyl sites for hydroxylation is 1. The Labute approximate surface area is 232 Å². The first-order valence-electron chi connectivity index (χ1n) is 14.3. The summed E-state index contributed by atoms with van der Waals surface area (Å²) in [5.41, 5.74) is 1.53. The molecule has 0 spiro atoms. The highest BCUT2D eigenvalue weighted by atomic mass is 31.2. The van der Waals surface area contributed by atoms with Crippen LogP contribution in [-0.4, -0.2) is 59.1 Å². The van der Waals surface area contributed by atoms with Crippen molar-refractivity contribution in [2.75, 3.05) is 18.9 Å². The van der Waals surface area contributed by atoms with Crippen LogP contribution in [0, 0.1) is 11.8 Å². The molecule has 1 aliphatic carbocycles. The molecule has 1 saturated carbocycles. The Hall–Kier alpha value is -2.44. The summed E-state index contributed by atoms with van der Waals surface area (Å²) in [6, 6.07) is 9.03. The van der Waals surface area contributed by atoms with Crippen LogP contribution in [0.2, 0.25) is 0 Å². The van der Waals surface area contributed by atoms with E-state index >= 15 is 0 Å². The minimum atomic E-state index is -3.66. The van der Waals surface area contributed by atoms with E-state index < -0.39 is 43.7 Å². The summed E-state index contributed by atoms with van der Waals surface area (Å²) in [5, 5.41) is 9.91. The maximum atomic E-state index is 14.2. The van der Waals surface area contributed by atoms with Crippen LogP contribution in [0.1, 0.15) is 77.2 Å². The maximum Gasteiger partial charge on any atom is 0.326 e. The molecule has 0 aromatic heterocycles. The lowest BCUT2D eigenvalue weighted by Crippen LogP contribution is -2.42. The van der Waals surface area contributed by atoms with Gasteiger partial charge in [-0.25, -0.2) is 4.79 Å². The number of nitrogens with zero attached hydrogens (tertiary/aromatic N) is 1. The van der Waals surface area contributed by atoms with Crippen LogP contribution in [-0.2, 0) is 34.6 Å². The highest BCUT2D eigenvalue weighted by Gasteiger charge is 2.44. The van der Waals surface area contributed by atoms with Crippen LogP contribution in [0.4, 0.5) is 0 Å². The number of hydrogen-bond acceptors (Lipinski definition) is 6. The number of carbonyl (C=O) groups is 3. The summed E-state index contributed by atoms with van der Waals surface area (Å²) < 4.78 is 25.4. The van der Waals surface area contributed by atoms with Crippen molar-refractivity contribution in [3.63, 3.8) is 0 Å². The number of aliphatic carboxylic acids is 1. The van der Waals surface area contributed by atoms with Crippen LogP contribution in [0.15, 0.2) is 42.5 Å². The van der Waals surface area contributed by atoms with Crippen molar-refractivity contribution in [2.45, 2.75) is 90.4 Å². The van der Waals surface area contributed by atoms with E-state index in [-0.39, 0.29) is 18.5 Å². The van der Waals surface area contributed by atoms with E-state index in [9.17, 15) is 24.1 Å². The third-order valence-corrected chi connectivity index (χ3v) is 10.2. The molecule has 0 bridgehead atoms. The standard InChI is InChI=1S/C30H44NO7P/c1-4-28(33)37-30(22(2)3)38-39(36,18-12-11-15-23-13-7-5-8-14-23)21-27(32)31-20-25(19-26(31)29(34)35)24-16-9-6-10-17-24/h5,7-8,13-14,24-26,30H,2,4,6,9-12,15-21H2,1,3H3,(H,34,35)/t25-,26+,30?,39?/m1/s1. The van der Waals surface area contributed by atoms with E-state index in [4.69, 9.17) is 9.26 Å². The summed E-state index contributed by atoms with van der Waals surface area (Å²) in [5.74, 6) is -1.48. The molecule has 3 rings (SSSR count). The summed E-state index contributed by atoms with van der Waals surface area (Å²) >= 11 is 0. The van der Waals surface area contributed by atoms with Crippen molar-refractivity contribution >= 4 is 25.2 Å². The van der Waals surface area contributed by atoms with Gasteiger partial charge in [0.25, 0.3) is 0 Å². The van der Waals surface area contributed by atoms with Crippen LogP contribution in [0.25, 0.3) is 0 Å². The lowest BCUT2D eigenvalue weighted by molar-refractivity contribution is -0.158. The molecule has 1 aromatic carbocycles. The molecular formula is C30H44NO7P. The van der Waals surface area contributed by atoms with Gasteiger partial charge < -0.3 is 14.7 Å². The average molecular weight is 562 g/mol. The Bertz CT molecular complexity index is 1040. The van der Waals surface area contributed by atoms with Crippen LogP contribution in [0.5, 0.6) is 0 Å². The molecular weight excluding hydrogens is 517 g/mol. The zero-order valence-corrected chi connectivity index (χ0v) is 24.3. The van der Waals surface area contributed by atoms with E-state index in [1.807, 2.05) is 30.3 Å². The molecule has 0 radical (unpaired) electrons. The number of rotatable bonds is 14. The molecule has 1 heterocycles. The highest BCUT2D eigenvalue weighted by molar-refractivity contribution is 7.59. The van der Waals surface area contributed by atoms with Gasteiger partial charge in [0.15, 0.2) is 0 Å². The number of amides is 1. The lowest BCUT2D eigenvalue weighted by Gasteiger charge is -2.29. The van der Waals surface area contributed by atoms with E-state index in [0.717, 1.165) is 44.1 Å². The predicted octanol–water partition coefficient (Wildman–Crippen LogP) is 6.04. The second-order valence-corrected chi connectivity index (χ2v) is 13.7. The minimum Gasteiger partial charge on any atom is -0.480 e. The van der Waals surface area contributed by atoms with E-state index in [2.05, 4.69) is 6.58 Å². The molecule has 39 heavy (non-hydrogen) atoms. The van der Waals surface area contributed by atoms with Gasteiger partial charge in [0.2, 0.25) is 19.6 Å². The number of carboxylic acid groups (broad SMARTS) is 1. The fourth-order valence-corrected chi connectivity index (χ4v) is 7.92. The third-order valence-electron chi connectivity index (χ3n) is 7.91. The summed E-state index contributed by atoms with van der Waals surface area (Å²) in [7, 11) is -3.66. The van der Waals surface area contributed by atoms with Gasteiger partial charge in [-0.2, -0.15) is 0 Å². The molecule has 1 saturated heterocycles. The number of benzene rings is 1. The first-order chi connectivity index (χ1) is 18.6.